The Kier molecular flexibility index (Phi) is 2.81. The van der Waals surface area contributed by atoms with E-state index in [1.165, 1.54) is 6.92 Å². The van der Waals surface area contributed by atoms with E-state index in [0.29, 0.717) is 5.56 Å². The van der Waals surface area contributed by atoms with Crippen LogP contribution in [0, 0.1) is 11.3 Å². The van der Waals surface area contributed by atoms with Crippen molar-refractivity contribution in [2.75, 3.05) is 0 Å². The monoisotopic (exact) mass is 244 g/mol. The number of aromatic nitrogens is 1. The number of rotatable bonds is 3. The summed E-state index contributed by atoms with van der Waals surface area (Å²) in [7, 11) is 0. The van der Waals surface area contributed by atoms with Crippen LogP contribution < -0.4 is 0 Å². The molecule has 0 amide bonds. The van der Waals surface area contributed by atoms with Crippen molar-refractivity contribution in [3.63, 3.8) is 0 Å². The quantitative estimate of drug-likeness (QED) is 0.853. The first-order chi connectivity index (χ1) is 8.44. The summed E-state index contributed by atoms with van der Waals surface area (Å²) in [6.45, 7) is 1.21. The Morgan fingerprint density at radius 3 is 2.83 bits per heavy atom. The fourth-order valence-electron chi connectivity index (χ4n) is 1.81. The minimum Gasteiger partial charge on any atom is -0.479 e. The second-order valence-corrected chi connectivity index (χ2v) is 4.41. The lowest BCUT2D eigenvalue weighted by Crippen LogP contribution is -2.39. The van der Waals surface area contributed by atoms with Gasteiger partial charge < -0.3 is 14.8 Å². The van der Waals surface area contributed by atoms with E-state index >= 15 is 0 Å². The molecule has 5 heteroatoms. The van der Waals surface area contributed by atoms with Gasteiger partial charge in [-0.2, -0.15) is 5.26 Å². The van der Waals surface area contributed by atoms with Gasteiger partial charge in [-0.05, 0) is 31.2 Å². The Labute approximate surface area is 103 Å². The van der Waals surface area contributed by atoms with E-state index in [-0.39, 0.29) is 6.54 Å². The molecule has 92 valence electrons. The minimum absolute atomic E-state index is 0.0439. The van der Waals surface area contributed by atoms with Gasteiger partial charge in [-0.1, -0.05) is 0 Å². The van der Waals surface area contributed by atoms with Crippen LogP contribution in [0.1, 0.15) is 12.5 Å². The van der Waals surface area contributed by atoms with Crippen molar-refractivity contribution in [2.24, 2.45) is 0 Å². The van der Waals surface area contributed by atoms with Crippen molar-refractivity contribution in [3.8, 4) is 6.07 Å². The van der Waals surface area contributed by atoms with Crippen LogP contribution in [0.3, 0.4) is 0 Å². The summed E-state index contributed by atoms with van der Waals surface area (Å²) in [5, 5.41) is 28.3. The van der Waals surface area contributed by atoms with Crippen LogP contribution in [0.4, 0.5) is 0 Å². The molecule has 2 N–H and O–H groups in total. The number of benzene rings is 1. The number of nitriles is 1. The zero-order chi connectivity index (χ0) is 13.3. The highest BCUT2D eigenvalue weighted by Crippen LogP contribution is 2.20. The summed E-state index contributed by atoms with van der Waals surface area (Å²) in [4.78, 5) is 10.9. The van der Waals surface area contributed by atoms with E-state index in [4.69, 9.17) is 10.4 Å². The maximum Gasteiger partial charge on any atom is 0.337 e. The molecule has 0 spiro atoms. The number of hydrogen-bond donors (Lipinski definition) is 2. The van der Waals surface area contributed by atoms with E-state index in [1.807, 2.05) is 6.07 Å². The number of carbonyl (C=O) groups is 1. The van der Waals surface area contributed by atoms with Gasteiger partial charge in [0.1, 0.15) is 0 Å². The Morgan fingerprint density at radius 2 is 2.22 bits per heavy atom. The summed E-state index contributed by atoms with van der Waals surface area (Å²) >= 11 is 0. The second kappa shape index (κ2) is 4.17. The molecule has 1 aromatic heterocycles. The fourth-order valence-corrected chi connectivity index (χ4v) is 1.81. The third-order valence-corrected chi connectivity index (χ3v) is 2.84. The molecule has 0 aliphatic rings. The number of hydrogen-bond acceptors (Lipinski definition) is 3. The van der Waals surface area contributed by atoms with Gasteiger partial charge in [0, 0.05) is 17.1 Å². The summed E-state index contributed by atoms with van der Waals surface area (Å²) in [6, 6.07) is 8.95. The maximum atomic E-state index is 10.9. The SMILES string of the molecule is CC(O)(Cn1ccc2cc(C#N)ccc21)C(=O)O. The van der Waals surface area contributed by atoms with Gasteiger partial charge in [0.2, 0.25) is 0 Å². The van der Waals surface area contributed by atoms with Crippen LogP contribution in [-0.2, 0) is 11.3 Å². The molecule has 0 saturated carbocycles. The molecule has 0 saturated heterocycles. The summed E-state index contributed by atoms with van der Waals surface area (Å²) in [5.41, 5.74) is -0.486. The molecule has 1 heterocycles. The van der Waals surface area contributed by atoms with Crippen LogP contribution in [0.2, 0.25) is 0 Å². The molecule has 0 fully saturated rings. The summed E-state index contributed by atoms with van der Waals surface area (Å²) in [6.07, 6.45) is 1.70. The number of carboxylic acid groups (broad SMARTS) is 1. The molecular weight excluding hydrogens is 232 g/mol. The van der Waals surface area contributed by atoms with Crippen molar-refractivity contribution in [1.82, 2.24) is 4.57 Å². The molecule has 0 bridgehead atoms. The van der Waals surface area contributed by atoms with Crippen LogP contribution in [0.15, 0.2) is 30.5 Å². The van der Waals surface area contributed by atoms with Crippen LogP contribution in [0.5, 0.6) is 0 Å². The lowest BCUT2D eigenvalue weighted by Gasteiger charge is -2.19. The predicted molar refractivity (Wildman–Crippen MR) is 64.9 cm³/mol. The average molecular weight is 244 g/mol. The Hall–Kier alpha value is -2.32. The molecule has 0 aliphatic heterocycles. The van der Waals surface area contributed by atoms with Crippen LogP contribution >= 0.6 is 0 Å². The fraction of sp³-hybridized carbons (Fsp3) is 0.231. The Bertz CT molecular complexity index is 650. The Balaban J connectivity index is 2.42. The van der Waals surface area contributed by atoms with Gasteiger partial charge in [-0.25, -0.2) is 4.79 Å². The molecule has 5 nitrogen and oxygen atoms in total. The van der Waals surface area contributed by atoms with Crippen molar-refractivity contribution < 1.29 is 15.0 Å². The number of aliphatic carboxylic acids is 1. The molecule has 1 unspecified atom stereocenters. The smallest absolute Gasteiger partial charge is 0.337 e. The first-order valence-corrected chi connectivity index (χ1v) is 5.39. The second-order valence-electron chi connectivity index (χ2n) is 4.41. The van der Waals surface area contributed by atoms with E-state index in [0.717, 1.165) is 10.9 Å². The standard InChI is InChI=1S/C13H12N2O3/c1-13(18,12(16)17)8-15-5-4-10-6-9(7-14)2-3-11(10)15/h2-6,18H,8H2,1H3,(H,16,17). The topological polar surface area (TPSA) is 86.3 Å². The molecule has 2 rings (SSSR count). The average Bonchev–Trinajstić information content (AvgIpc) is 2.71. The highest BCUT2D eigenvalue weighted by atomic mass is 16.4. The van der Waals surface area contributed by atoms with Gasteiger partial charge in [0.05, 0.1) is 18.2 Å². The first-order valence-electron chi connectivity index (χ1n) is 5.39. The van der Waals surface area contributed by atoms with Gasteiger partial charge in [0.25, 0.3) is 0 Å². The van der Waals surface area contributed by atoms with E-state index < -0.39 is 11.6 Å². The third-order valence-electron chi connectivity index (χ3n) is 2.84. The normalized spacial score (nSPS) is 14.1. The molecule has 0 radical (unpaired) electrons. The first kappa shape index (κ1) is 12.1. The highest BCUT2D eigenvalue weighted by Gasteiger charge is 2.30. The van der Waals surface area contributed by atoms with Crippen molar-refractivity contribution in [2.45, 2.75) is 19.1 Å². The van der Waals surface area contributed by atoms with Gasteiger partial charge >= 0.3 is 5.97 Å². The summed E-state index contributed by atoms with van der Waals surface area (Å²) < 4.78 is 1.66. The summed E-state index contributed by atoms with van der Waals surface area (Å²) in [5.74, 6) is -1.27. The predicted octanol–water partition coefficient (Wildman–Crippen LogP) is 1.35. The molecule has 2 aromatic rings. The molecule has 18 heavy (non-hydrogen) atoms. The largest absolute Gasteiger partial charge is 0.479 e. The number of aliphatic hydroxyl groups is 1. The lowest BCUT2D eigenvalue weighted by molar-refractivity contribution is -0.157. The highest BCUT2D eigenvalue weighted by molar-refractivity contribution is 5.82. The Morgan fingerprint density at radius 1 is 1.50 bits per heavy atom. The van der Waals surface area contributed by atoms with E-state index in [2.05, 4.69) is 0 Å². The van der Waals surface area contributed by atoms with Crippen LogP contribution in [-0.4, -0.2) is 26.4 Å². The zero-order valence-corrected chi connectivity index (χ0v) is 9.79. The van der Waals surface area contributed by atoms with E-state index in [1.54, 1.807) is 35.0 Å². The molecule has 1 aromatic carbocycles. The third kappa shape index (κ3) is 2.06. The molecular formula is C13H12N2O3. The molecule has 1 atom stereocenters. The number of fused-ring (bicyclic) bond motifs is 1. The number of nitrogens with zero attached hydrogens (tertiary/aromatic N) is 2. The van der Waals surface area contributed by atoms with Crippen molar-refractivity contribution >= 4 is 16.9 Å². The van der Waals surface area contributed by atoms with Gasteiger partial charge in [-0.15, -0.1) is 0 Å². The molecule has 0 aliphatic carbocycles. The van der Waals surface area contributed by atoms with Crippen molar-refractivity contribution in [3.05, 3.63) is 36.0 Å². The van der Waals surface area contributed by atoms with Crippen LogP contribution in [0.25, 0.3) is 10.9 Å². The number of carboxylic acids is 1. The van der Waals surface area contributed by atoms with Gasteiger partial charge in [-0.3, -0.25) is 0 Å². The zero-order valence-electron chi connectivity index (χ0n) is 9.79. The van der Waals surface area contributed by atoms with Gasteiger partial charge in [0.15, 0.2) is 5.60 Å². The van der Waals surface area contributed by atoms with Crippen molar-refractivity contribution in [1.29, 1.82) is 5.26 Å². The maximum absolute atomic E-state index is 10.9. The minimum atomic E-state index is -1.82. The van der Waals surface area contributed by atoms with E-state index in [9.17, 15) is 9.90 Å². The lowest BCUT2D eigenvalue weighted by atomic mass is 10.1.